The van der Waals surface area contributed by atoms with Crippen molar-refractivity contribution in [2.24, 2.45) is 0 Å². The maximum absolute atomic E-state index is 2.33. The van der Waals surface area contributed by atoms with Crippen LogP contribution in [0.4, 0.5) is 0 Å². The largest absolute Gasteiger partial charge is 0.165 e. The Morgan fingerprint density at radius 1 is 1.00 bits per heavy atom. The highest BCUT2D eigenvalue weighted by atomic mass is 14.1. The molecule has 0 aromatic heterocycles. The normalized spacial score (nSPS) is 12.0. The second-order valence-electron chi connectivity index (χ2n) is 1.81. The summed E-state index contributed by atoms with van der Waals surface area (Å²) < 4.78 is 0. The highest BCUT2D eigenvalue weighted by Gasteiger charge is 2.08. The van der Waals surface area contributed by atoms with E-state index in [4.69, 9.17) is 0 Å². The van der Waals surface area contributed by atoms with Crippen LogP contribution in [0.3, 0.4) is 0 Å². The van der Waals surface area contributed by atoms with Crippen LogP contribution in [0.1, 0.15) is 40.0 Å². The summed E-state index contributed by atoms with van der Waals surface area (Å²) in [6.07, 6.45) is 4.29. The van der Waals surface area contributed by atoms with Gasteiger partial charge >= 0.3 is 0 Å². The van der Waals surface area contributed by atoms with Crippen LogP contribution in [-0.4, -0.2) is 7.85 Å². The van der Waals surface area contributed by atoms with Crippen LogP contribution in [0.25, 0.3) is 0 Å². The third-order valence-electron chi connectivity index (χ3n) is 1.50. The Kier molecular flexibility index (Phi) is 3.19. The molecule has 8 heavy (non-hydrogen) atoms. The van der Waals surface area contributed by atoms with E-state index in [-0.39, 0.29) is 0 Å². The minimum Gasteiger partial charge on any atom is -0.165 e. The van der Waals surface area contributed by atoms with Crippen molar-refractivity contribution >= 4 is 7.85 Å². The molecule has 0 fully saturated rings. The van der Waals surface area contributed by atoms with Crippen molar-refractivity contribution in [1.82, 2.24) is 0 Å². The van der Waals surface area contributed by atoms with Crippen LogP contribution in [0, 0.1) is 0 Å². The van der Waals surface area contributed by atoms with Gasteiger partial charge in [-0.1, -0.05) is 40.0 Å². The molecule has 0 amide bonds. The van der Waals surface area contributed by atoms with E-state index in [9.17, 15) is 0 Å². The molecule has 0 radical (unpaired) electrons. The molecule has 50 valence electrons. The minimum absolute atomic E-state index is 0.583. The van der Waals surface area contributed by atoms with Gasteiger partial charge in [0.15, 0.2) is 0 Å². The molecular weight excluding hydrogens is 94.9 g/mol. The molecule has 0 N–H and O–H groups in total. The molecule has 1 heteroatoms. The molecule has 0 rings (SSSR count). The van der Waals surface area contributed by atoms with E-state index in [1.54, 1.807) is 0 Å². The van der Waals surface area contributed by atoms with Crippen LogP contribution >= 0.6 is 0 Å². The molecule has 0 saturated heterocycles. The molecule has 0 unspecified atom stereocenters. The highest BCUT2D eigenvalue weighted by Crippen LogP contribution is 2.33. The van der Waals surface area contributed by atoms with Gasteiger partial charge in [0.05, 0.1) is 0 Å². The fraction of sp³-hybridized carbons (Fsp3) is 1.00. The van der Waals surface area contributed by atoms with Crippen LogP contribution in [0.5, 0.6) is 0 Å². The summed E-state index contributed by atoms with van der Waals surface area (Å²) in [4.78, 5) is 0. The summed E-state index contributed by atoms with van der Waals surface area (Å²) in [5.41, 5.74) is 0. The van der Waals surface area contributed by atoms with Crippen LogP contribution in [0.2, 0.25) is 5.31 Å². The SMILES string of the molecule is [BH3-]C(CC)(CC)CC. The van der Waals surface area contributed by atoms with E-state index >= 15 is 0 Å². The van der Waals surface area contributed by atoms with E-state index < -0.39 is 0 Å². The van der Waals surface area contributed by atoms with Gasteiger partial charge in [0, 0.05) is 0 Å². The Balaban J connectivity index is 3.58. The van der Waals surface area contributed by atoms with Gasteiger partial charge in [-0.3, -0.25) is 0 Å². The Hall–Kier alpha value is 0.0649. The van der Waals surface area contributed by atoms with Gasteiger partial charge in [-0.2, -0.15) is 5.31 Å². The van der Waals surface area contributed by atoms with Crippen molar-refractivity contribution in [3.63, 3.8) is 0 Å². The fourth-order valence-electron chi connectivity index (χ4n) is 0.750. The van der Waals surface area contributed by atoms with E-state index in [2.05, 4.69) is 20.8 Å². The molecule has 0 aliphatic carbocycles. The Morgan fingerprint density at radius 3 is 1.25 bits per heavy atom. The molecule has 0 aromatic rings. The molecule has 0 aromatic carbocycles. The van der Waals surface area contributed by atoms with Gasteiger partial charge < -0.3 is 0 Å². The van der Waals surface area contributed by atoms with Crippen molar-refractivity contribution in [2.75, 3.05) is 0 Å². The lowest BCUT2D eigenvalue weighted by molar-refractivity contribution is 0.504. The first-order valence-electron chi connectivity index (χ1n) is 3.18. The molecule has 0 heterocycles. The lowest BCUT2D eigenvalue weighted by atomic mass is 9.63. The second-order valence-corrected chi connectivity index (χ2v) is 1.81. The average molecular weight is 113 g/mol. The fourth-order valence-corrected chi connectivity index (χ4v) is 0.750. The first-order chi connectivity index (χ1) is 3.68. The summed E-state index contributed by atoms with van der Waals surface area (Å²) in [7, 11) is 0.583. The average Bonchev–Trinajstić information content (AvgIpc) is 1.87. The number of rotatable bonds is 3. The Labute approximate surface area is 54.1 Å². The molecule has 0 nitrogen and oxygen atoms in total. The quantitative estimate of drug-likeness (QED) is 0.489. The summed E-state index contributed by atoms with van der Waals surface area (Å²) in [5.74, 6) is 0. The standard InChI is InChI=1S/C7H18B/c1-4-7(8,5-2)6-3/h4-6H2,1-3,8H3/q-1. The van der Waals surface area contributed by atoms with E-state index in [0.29, 0.717) is 7.85 Å². The monoisotopic (exact) mass is 113 g/mol. The van der Waals surface area contributed by atoms with Gasteiger partial charge in [-0.15, -0.1) is 0 Å². The molecule has 0 saturated carbocycles. The van der Waals surface area contributed by atoms with Gasteiger partial charge in [-0.25, -0.2) is 0 Å². The van der Waals surface area contributed by atoms with Crippen molar-refractivity contribution < 1.29 is 0 Å². The Morgan fingerprint density at radius 2 is 1.25 bits per heavy atom. The Bertz CT molecular complexity index is 47.1. The first kappa shape index (κ1) is 8.06. The number of hydrogen-bond acceptors (Lipinski definition) is 0. The predicted molar refractivity (Wildman–Crippen MR) is 43.5 cm³/mol. The zero-order chi connectivity index (χ0) is 6.62. The lowest BCUT2D eigenvalue weighted by Crippen LogP contribution is -2.07. The summed E-state index contributed by atoms with van der Waals surface area (Å²) in [6, 6.07) is 0. The van der Waals surface area contributed by atoms with Crippen molar-refractivity contribution in [2.45, 2.75) is 45.3 Å². The molecule has 0 spiro atoms. The minimum atomic E-state index is 0.583. The summed E-state index contributed by atoms with van der Waals surface area (Å²) >= 11 is 0. The third-order valence-corrected chi connectivity index (χ3v) is 1.50. The van der Waals surface area contributed by atoms with Crippen molar-refractivity contribution in [3.8, 4) is 0 Å². The highest BCUT2D eigenvalue weighted by molar-refractivity contribution is 6.15. The molecule has 0 aliphatic heterocycles. The van der Waals surface area contributed by atoms with Crippen molar-refractivity contribution in [3.05, 3.63) is 0 Å². The number of hydrogen-bond donors (Lipinski definition) is 0. The maximum Gasteiger partial charge on any atom is -0.0410 e. The smallest absolute Gasteiger partial charge is 0.0410 e. The van der Waals surface area contributed by atoms with Gasteiger partial charge in [0.25, 0.3) is 0 Å². The van der Waals surface area contributed by atoms with Crippen LogP contribution < -0.4 is 0 Å². The topological polar surface area (TPSA) is 0 Å². The van der Waals surface area contributed by atoms with E-state index in [0.717, 1.165) is 5.31 Å². The molecule has 0 atom stereocenters. The molecule has 0 bridgehead atoms. The van der Waals surface area contributed by atoms with Gasteiger partial charge in [0.1, 0.15) is 0 Å². The van der Waals surface area contributed by atoms with E-state index in [1.165, 1.54) is 19.3 Å². The zero-order valence-corrected chi connectivity index (χ0v) is 5.62. The van der Waals surface area contributed by atoms with Crippen molar-refractivity contribution in [1.29, 1.82) is 0 Å². The van der Waals surface area contributed by atoms with Crippen LogP contribution in [0.15, 0.2) is 0 Å². The summed E-state index contributed by atoms with van der Waals surface area (Å²) in [6.45, 7) is 7.00. The first-order valence-corrected chi connectivity index (χ1v) is 3.18. The maximum atomic E-state index is 2.33. The van der Waals surface area contributed by atoms with E-state index in [1.807, 2.05) is 0 Å². The molecular formula is C7H18B-. The van der Waals surface area contributed by atoms with Crippen LogP contribution in [-0.2, 0) is 0 Å². The third kappa shape index (κ3) is 1.89. The predicted octanol–water partition coefficient (Wildman–Crippen LogP) is 1.74. The second kappa shape index (κ2) is 3.16. The zero-order valence-electron chi connectivity index (χ0n) is 5.62. The van der Waals surface area contributed by atoms with Gasteiger partial charge in [-0.05, 0) is 7.85 Å². The van der Waals surface area contributed by atoms with Gasteiger partial charge in [0.2, 0.25) is 0 Å². The molecule has 0 aliphatic rings. The summed E-state index contributed by atoms with van der Waals surface area (Å²) in [5, 5.41) is 0.875. The lowest BCUT2D eigenvalue weighted by Gasteiger charge is -2.30.